The van der Waals surface area contributed by atoms with Crippen LogP contribution in [-0.2, 0) is 6.54 Å². The number of carbonyl (C=O) groups excluding carboxylic acids is 1. The van der Waals surface area contributed by atoms with Crippen LogP contribution in [0.15, 0.2) is 66.9 Å². The maximum absolute atomic E-state index is 13.0. The molecule has 1 saturated heterocycles. The first-order chi connectivity index (χ1) is 15.2. The lowest BCUT2D eigenvalue weighted by atomic mass is 10.1. The minimum atomic E-state index is -0.0588. The Balaban J connectivity index is 1.41. The Morgan fingerprint density at radius 1 is 0.968 bits per heavy atom. The molecule has 3 aromatic rings. The van der Waals surface area contributed by atoms with Gasteiger partial charge in [0.05, 0.1) is 12.1 Å². The minimum Gasteiger partial charge on any atom is -0.352 e. The van der Waals surface area contributed by atoms with E-state index in [1.165, 1.54) is 0 Å². The van der Waals surface area contributed by atoms with Crippen molar-refractivity contribution in [2.24, 2.45) is 0 Å². The zero-order valence-corrected chi connectivity index (χ0v) is 18.2. The first-order valence-electron chi connectivity index (χ1n) is 11.0. The Bertz CT molecular complexity index is 962. The van der Waals surface area contributed by atoms with Crippen molar-refractivity contribution in [3.8, 4) is 11.3 Å². The van der Waals surface area contributed by atoms with Gasteiger partial charge in [0.15, 0.2) is 0 Å². The van der Waals surface area contributed by atoms with Crippen LogP contribution in [0.5, 0.6) is 0 Å². The quantitative estimate of drug-likeness (QED) is 0.573. The second-order valence-corrected chi connectivity index (χ2v) is 8.19. The van der Waals surface area contributed by atoms with Gasteiger partial charge in [0.2, 0.25) is 0 Å². The standard InChI is InChI=1S/C25H31N5O/c1-28-15-17-29(18-16-28)14-8-13-26-25(31)23-20-30(19-21-9-4-2-5-10-21)27-24(23)22-11-6-3-7-12-22/h2-7,9-12,20H,8,13-19H2,1H3,(H,26,31). The normalized spacial score (nSPS) is 15.1. The molecule has 0 unspecified atom stereocenters. The van der Waals surface area contributed by atoms with Gasteiger partial charge in [-0.25, -0.2) is 0 Å². The van der Waals surface area contributed by atoms with E-state index in [1.807, 2.05) is 59.4 Å². The molecule has 1 aliphatic heterocycles. The number of rotatable bonds is 8. The van der Waals surface area contributed by atoms with Gasteiger partial charge in [-0.1, -0.05) is 60.7 Å². The summed E-state index contributed by atoms with van der Waals surface area (Å²) in [6, 6.07) is 20.1. The Morgan fingerprint density at radius 2 is 1.65 bits per heavy atom. The molecule has 1 fully saturated rings. The summed E-state index contributed by atoms with van der Waals surface area (Å²) < 4.78 is 1.86. The predicted molar refractivity (Wildman–Crippen MR) is 124 cm³/mol. The molecule has 1 aromatic heterocycles. The van der Waals surface area contributed by atoms with Crippen molar-refractivity contribution in [1.82, 2.24) is 24.9 Å². The number of carbonyl (C=O) groups is 1. The molecule has 0 spiro atoms. The van der Waals surface area contributed by atoms with Crippen LogP contribution >= 0.6 is 0 Å². The highest BCUT2D eigenvalue weighted by atomic mass is 16.1. The van der Waals surface area contributed by atoms with Gasteiger partial charge >= 0.3 is 0 Å². The number of hydrogen-bond donors (Lipinski definition) is 1. The predicted octanol–water partition coefficient (Wildman–Crippen LogP) is 2.97. The molecule has 0 aliphatic carbocycles. The largest absolute Gasteiger partial charge is 0.352 e. The summed E-state index contributed by atoms with van der Waals surface area (Å²) in [5.74, 6) is -0.0588. The number of aromatic nitrogens is 2. The molecular formula is C25H31N5O. The third kappa shape index (κ3) is 5.81. The molecule has 6 heteroatoms. The number of benzene rings is 2. The number of nitrogens with zero attached hydrogens (tertiary/aromatic N) is 4. The van der Waals surface area contributed by atoms with Crippen molar-refractivity contribution in [3.05, 3.63) is 78.0 Å². The monoisotopic (exact) mass is 417 g/mol. The van der Waals surface area contributed by atoms with Gasteiger partial charge in [-0.2, -0.15) is 5.10 Å². The van der Waals surface area contributed by atoms with Crippen molar-refractivity contribution in [2.75, 3.05) is 46.3 Å². The molecule has 31 heavy (non-hydrogen) atoms. The van der Waals surface area contributed by atoms with E-state index in [2.05, 4.69) is 34.3 Å². The lowest BCUT2D eigenvalue weighted by molar-refractivity contribution is 0.0950. The summed E-state index contributed by atoms with van der Waals surface area (Å²) in [4.78, 5) is 17.8. The number of hydrogen-bond acceptors (Lipinski definition) is 4. The molecule has 0 bridgehead atoms. The highest BCUT2D eigenvalue weighted by molar-refractivity contribution is 5.99. The molecular weight excluding hydrogens is 386 g/mol. The fourth-order valence-corrected chi connectivity index (χ4v) is 3.92. The molecule has 0 saturated carbocycles. The topological polar surface area (TPSA) is 53.4 Å². The number of nitrogens with one attached hydrogen (secondary N) is 1. The first-order valence-corrected chi connectivity index (χ1v) is 11.0. The lowest BCUT2D eigenvalue weighted by Crippen LogP contribution is -2.45. The summed E-state index contributed by atoms with van der Waals surface area (Å²) in [7, 11) is 2.17. The number of likely N-dealkylation sites (N-methyl/N-ethyl adjacent to an activating group) is 1. The molecule has 4 rings (SSSR count). The van der Waals surface area contributed by atoms with E-state index >= 15 is 0 Å². The van der Waals surface area contributed by atoms with Crippen LogP contribution in [0.2, 0.25) is 0 Å². The molecule has 2 heterocycles. The van der Waals surface area contributed by atoms with Gasteiger partial charge in [0, 0.05) is 44.5 Å². The fraction of sp³-hybridized carbons (Fsp3) is 0.360. The van der Waals surface area contributed by atoms with Crippen molar-refractivity contribution >= 4 is 5.91 Å². The van der Waals surface area contributed by atoms with Gasteiger partial charge in [-0.15, -0.1) is 0 Å². The van der Waals surface area contributed by atoms with Gasteiger partial charge in [0.1, 0.15) is 5.69 Å². The fourth-order valence-electron chi connectivity index (χ4n) is 3.92. The highest BCUT2D eigenvalue weighted by Gasteiger charge is 2.18. The zero-order valence-electron chi connectivity index (χ0n) is 18.2. The maximum atomic E-state index is 13.0. The minimum absolute atomic E-state index is 0.0588. The van der Waals surface area contributed by atoms with E-state index in [4.69, 9.17) is 5.10 Å². The number of piperazine rings is 1. The summed E-state index contributed by atoms with van der Waals surface area (Å²) >= 11 is 0. The molecule has 1 N–H and O–H groups in total. The second-order valence-electron chi connectivity index (χ2n) is 8.19. The smallest absolute Gasteiger partial charge is 0.255 e. The van der Waals surface area contributed by atoms with Crippen molar-refractivity contribution in [2.45, 2.75) is 13.0 Å². The van der Waals surface area contributed by atoms with E-state index in [9.17, 15) is 4.79 Å². The van der Waals surface area contributed by atoms with E-state index in [0.29, 0.717) is 18.7 Å². The maximum Gasteiger partial charge on any atom is 0.255 e. The van der Waals surface area contributed by atoms with Crippen LogP contribution in [0.3, 0.4) is 0 Å². The van der Waals surface area contributed by atoms with Crippen molar-refractivity contribution < 1.29 is 4.79 Å². The molecule has 162 valence electrons. The van der Waals surface area contributed by atoms with Crippen molar-refractivity contribution in [1.29, 1.82) is 0 Å². The van der Waals surface area contributed by atoms with E-state index in [0.717, 1.165) is 56.0 Å². The van der Waals surface area contributed by atoms with E-state index in [1.54, 1.807) is 0 Å². The zero-order chi connectivity index (χ0) is 21.5. The van der Waals surface area contributed by atoms with Gasteiger partial charge in [0.25, 0.3) is 5.91 Å². The van der Waals surface area contributed by atoms with Crippen LogP contribution in [0.1, 0.15) is 22.3 Å². The summed E-state index contributed by atoms with van der Waals surface area (Å²) in [6.45, 7) is 6.78. The SMILES string of the molecule is CN1CCN(CCCNC(=O)c2cn(Cc3ccccc3)nc2-c2ccccc2)CC1. The molecule has 1 amide bonds. The third-order valence-electron chi connectivity index (χ3n) is 5.77. The lowest BCUT2D eigenvalue weighted by Gasteiger charge is -2.32. The van der Waals surface area contributed by atoms with Gasteiger partial charge < -0.3 is 15.1 Å². The van der Waals surface area contributed by atoms with Gasteiger partial charge in [-0.05, 0) is 25.6 Å². The second kappa shape index (κ2) is 10.4. The van der Waals surface area contributed by atoms with Crippen LogP contribution in [0, 0.1) is 0 Å². The van der Waals surface area contributed by atoms with Crippen LogP contribution in [0.25, 0.3) is 11.3 Å². The third-order valence-corrected chi connectivity index (χ3v) is 5.77. The highest BCUT2D eigenvalue weighted by Crippen LogP contribution is 2.22. The molecule has 2 aromatic carbocycles. The molecule has 0 radical (unpaired) electrons. The average Bonchev–Trinajstić information content (AvgIpc) is 3.23. The van der Waals surface area contributed by atoms with Crippen LogP contribution in [0.4, 0.5) is 0 Å². The Labute approximate surface area is 184 Å². The molecule has 6 nitrogen and oxygen atoms in total. The average molecular weight is 418 g/mol. The molecule has 0 atom stereocenters. The Kier molecular flexibility index (Phi) is 7.12. The van der Waals surface area contributed by atoms with Crippen LogP contribution < -0.4 is 5.32 Å². The summed E-state index contributed by atoms with van der Waals surface area (Å²) in [6.07, 6.45) is 2.82. The van der Waals surface area contributed by atoms with E-state index < -0.39 is 0 Å². The van der Waals surface area contributed by atoms with Gasteiger partial charge in [-0.3, -0.25) is 9.48 Å². The Hall–Kier alpha value is -2.96. The Morgan fingerprint density at radius 3 is 2.35 bits per heavy atom. The van der Waals surface area contributed by atoms with E-state index in [-0.39, 0.29) is 5.91 Å². The first kappa shape index (κ1) is 21.3. The summed E-state index contributed by atoms with van der Waals surface area (Å²) in [5.41, 5.74) is 3.47. The van der Waals surface area contributed by atoms with Crippen LogP contribution in [-0.4, -0.2) is 71.8 Å². The van der Waals surface area contributed by atoms with Crippen molar-refractivity contribution in [3.63, 3.8) is 0 Å². The number of amides is 1. The summed E-state index contributed by atoms with van der Waals surface area (Å²) in [5, 5.41) is 7.85. The molecule has 1 aliphatic rings.